The summed E-state index contributed by atoms with van der Waals surface area (Å²) in [6.07, 6.45) is 2.61. The summed E-state index contributed by atoms with van der Waals surface area (Å²) in [5.74, 6) is -0.312. The number of carbonyl (C=O) groups is 1. The van der Waals surface area contributed by atoms with E-state index in [4.69, 9.17) is 11.6 Å². The van der Waals surface area contributed by atoms with Gasteiger partial charge in [0.15, 0.2) is 6.29 Å². The second kappa shape index (κ2) is 6.15. The fourth-order valence-corrected chi connectivity index (χ4v) is 3.11. The topological polar surface area (TPSA) is 34.9 Å². The monoisotopic (exact) mass is 350 g/mol. The van der Waals surface area contributed by atoms with Gasteiger partial charge in [-0.25, -0.2) is 9.37 Å². The number of hydrogen-bond acceptors (Lipinski definition) is 2. The Kier molecular flexibility index (Phi) is 3.82. The lowest BCUT2D eigenvalue weighted by molar-refractivity contribution is 0.111. The Bertz CT molecular complexity index is 1090. The van der Waals surface area contributed by atoms with Crippen molar-refractivity contribution in [2.45, 2.75) is 0 Å². The van der Waals surface area contributed by atoms with Crippen molar-refractivity contribution in [3.8, 4) is 16.8 Å². The molecule has 0 N–H and O–H groups in total. The molecule has 0 saturated heterocycles. The average Bonchev–Trinajstić information content (AvgIpc) is 3.01. The van der Waals surface area contributed by atoms with Gasteiger partial charge >= 0.3 is 0 Å². The lowest BCUT2D eigenvalue weighted by atomic mass is 10.1. The van der Waals surface area contributed by atoms with Crippen LogP contribution < -0.4 is 0 Å². The van der Waals surface area contributed by atoms with E-state index in [1.807, 2.05) is 41.1 Å². The molecule has 0 spiro atoms. The molecule has 0 atom stereocenters. The molecule has 0 radical (unpaired) electrons. The zero-order valence-electron chi connectivity index (χ0n) is 13.0. The van der Waals surface area contributed by atoms with Crippen molar-refractivity contribution in [3.63, 3.8) is 0 Å². The summed E-state index contributed by atoms with van der Waals surface area (Å²) in [6, 6.07) is 17.2. The van der Waals surface area contributed by atoms with Crippen LogP contribution in [-0.2, 0) is 0 Å². The molecule has 0 fully saturated rings. The smallest absolute Gasteiger partial charge is 0.168 e. The van der Waals surface area contributed by atoms with E-state index >= 15 is 0 Å². The maximum Gasteiger partial charge on any atom is 0.168 e. The number of aromatic nitrogens is 2. The summed E-state index contributed by atoms with van der Waals surface area (Å²) >= 11 is 6.36. The number of fused-ring (bicyclic) bond motifs is 1. The number of hydrogen-bond donors (Lipinski definition) is 0. The van der Waals surface area contributed by atoms with Gasteiger partial charge in [0.2, 0.25) is 0 Å². The second-order valence-electron chi connectivity index (χ2n) is 5.59. The first-order valence-corrected chi connectivity index (χ1v) is 8.03. The third kappa shape index (κ3) is 2.71. The molecule has 4 rings (SSSR count). The van der Waals surface area contributed by atoms with Crippen molar-refractivity contribution in [3.05, 3.63) is 83.4 Å². The Morgan fingerprint density at radius 1 is 0.960 bits per heavy atom. The first-order chi connectivity index (χ1) is 12.2. The number of carbonyl (C=O) groups excluding carboxylic acids is 1. The van der Waals surface area contributed by atoms with E-state index in [0.29, 0.717) is 22.6 Å². The molecule has 2 aromatic carbocycles. The van der Waals surface area contributed by atoms with Crippen LogP contribution in [0, 0.1) is 5.82 Å². The Labute approximate surface area is 148 Å². The Morgan fingerprint density at radius 2 is 1.72 bits per heavy atom. The minimum absolute atomic E-state index is 0.312. The average molecular weight is 351 g/mol. The van der Waals surface area contributed by atoms with Crippen LogP contribution in [0.15, 0.2) is 66.9 Å². The molecule has 3 nitrogen and oxygen atoms in total. The molecule has 2 aromatic heterocycles. The molecule has 0 aliphatic rings. The van der Waals surface area contributed by atoms with Gasteiger partial charge in [0, 0.05) is 33.4 Å². The maximum absolute atomic E-state index is 13.3. The summed E-state index contributed by atoms with van der Waals surface area (Å²) in [7, 11) is 0. The summed E-state index contributed by atoms with van der Waals surface area (Å²) in [6.45, 7) is 0. The largest absolute Gasteiger partial charge is 0.301 e. The maximum atomic E-state index is 13.3. The SMILES string of the molecule is O=Cc1ccc2c(-c3ccccc3Cl)cn(-c3ccc(F)cc3)c2n1. The van der Waals surface area contributed by atoms with Gasteiger partial charge in [-0.3, -0.25) is 4.79 Å². The molecule has 25 heavy (non-hydrogen) atoms. The summed E-state index contributed by atoms with van der Waals surface area (Å²) in [5.41, 5.74) is 3.47. The molecular weight excluding hydrogens is 339 g/mol. The van der Waals surface area contributed by atoms with E-state index in [0.717, 1.165) is 22.2 Å². The Morgan fingerprint density at radius 3 is 2.44 bits per heavy atom. The highest BCUT2D eigenvalue weighted by atomic mass is 35.5. The molecule has 5 heteroatoms. The van der Waals surface area contributed by atoms with Crippen LogP contribution in [-0.4, -0.2) is 15.8 Å². The van der Waals surface area contributed by atoms with Crippen LogP contribution in [0.25, 0.3) is 27.8 Å². The molecule has 0 aliphatic heterocycles. The van der Waals surface area contributed by atoms with Crippen molar-refractivity contribution < 1.29 is 9.18 Å². The fourth-order valence-electron chi connectivity index (χ4n) is 2.88. The van der Waals surface area contributed by atoms with Crippen LogP contribution in [0.1, 0.15) is 10.5 Å². The molecule has 0 bridgehead atoms. The molecule has 0 amide bonds. The number of nitrogens with zero attached hydrogens (tertiary/aromatic N) is 2. The van der Waals surface area contributed by atoms with Gasteiger partial charge in [0.05, 0.1) is 0 Å². The first-order valence-electron chi connectivity index (χ1n) is 7.65. The number of pyridine rings is 1. The number of benzene rings is 2. The van der Waals surface area contributed by atoms with Gasteiger partial charge in [-0.2, -0.15) is 0 Å². The van der Waals surface area contributed by atoms with Gasteiger partial charge < -0.3 is 4.57 Å². The van der Waals surface area contributed by atoms with Crippen LogP contribution in [0.5, 0.6) is 0 Å². The van der Waals surface area contributed by atoms with Gasteiger partial charge in [-0.05, 0) is 42.5 Å². The van der Waals surface area contributed by atoms with Crippen molar-refractivity contribution in [2.75, 3.05) is 0 Å². The predicted molar refractivity (Wildman–Crippen MR) is 96.9 cm³/mol. The number of halogens is 2. The standard InChI is InChI=1S/C20H12ClFN2O/c21-19-4-2-1-3-16(19)18-11-24(15-8-5-13(22)6-9-15)20-17(18)10-7-14(12-25)23-20/h1-12H. The Balaban J connectivity index is 2.04. The zero-order chi connectivity index (χ0) is 17.4. The molecule has 0 aliphatic carbocycles. The highest BCUT2D eigenvalue weighted by Crippen LogP contribution is 2.35. The molecule has 4 aromatic rings. The van der Waals surface area contributed by atoms with E-state index in [-0.39, 0.29) is 5.82 Å². The minimum atomic E-state index is -0.312. The van der Waals surface area contributed by atoms with Gasteiger partial charge in [-0.1, -0.05) is 29.8 Å². The van der Waals surface area contributed by atoms with Crippen LogP contribution >= 0.6 is 11.6 Å². The van der Waals surface area contributed by atoms with Gasteiger partial charge in [0.25, 0.3) is 0 Å². The van der Waals surface area contributed by atoms with Gasteiger partial charge in [-0.15, -0.1) is 0 Å². The van der Waals surface area contributed by atoms with E-state index in [1.165, 1.54) is 12.1 Å². The predicted octanol–water partition coefficient (Wildman–Crippen LogP) is 5.30. The van der Waals surface area contributed by atoms with E-state index in [1.54, 1.807) is 18.2 Å². The highest BCUT2D eigenvalue weighted by molar-refractivity contribution is 6.33. The Hall–Kier alpha value is -2.98. The summed E-state index contributed by atoms with van der Waals surface area (Å²) in [5, 5.41) is 1.49. The molecule has 122 valence electrons. The lowest BCUT2D eigenvalue weighted by Gasteiger charge is -2.04. The molecule has 0 saturated carbocycles. The van der Waals surface area contributed by atoms with E-state index in [2.05, 4.69) is 4.98 Å². The zero-order valence-corrected chi connectivity index (χ0v) is 13.7. The third-order valence-corrected chi connectivity index (χ3v) is 4.39. The van der Waals surface area contributed by atoms with Crippen molar-refractivity contribution in [1.82, 2.24) is 9.55 Å². The van der Waals surface area contributed by atoms with Crippen molar-refractivity contribution in [1.29, 1.82) is 0 Å². The van der Waals surface area contributed by atoms with Crippen molar-refractivity contribution in [2.24, 2.45) is 0 Å². The number of rotatable bonds is 3. The molecule has 0 unspecified atom stereocenters. The fraction of sp³-hybridized carbons (Fsp3) is 0. The second-order valence-corrected chi connectivity index (χ2v) is 6.00. The first kappa shape index (κ1) is 15.5. The summed E-state index contributed by atoms with van der Waals surface area (Å²) in [4.78, 5) is 15.6. The highest BCUT2D eigenvalue weighted by Gasteiger charge is 2.15. The van der Waals surface area contributed by atoms with Crippen molar-refractivity contribution >= 4 is 28.9 Å². The van der Waals surface area contributed by atoms with Crippen LogP contribution in [0.4, 0.5) is 4.39 Å². The number of aldehydes is 1. The van der Waals surface area contributed by atoms with E-state index < -0.39 is 0 Å². The summed E-state index contributed by atoms with van der Waals surface area (Å²) < 4.78 is 15.1. The molecular formula is C20H12ClFN2O. The van der Waals surface area contributed by atoms with E-state index in [9.17, 15) is 9.18 Å². The third-order valence-electron chi connectivity index (χ3n) is 4.06. The minimum Gasteiger partial charge on any atom is -0.301 e. The van der Waals surface area contributed by atoms with Crippen LogP contribution in [0.3, 0.4) is 0 Å². The normalized spacial score (nSPS) is 11.0. The lowest BCUT2D eigenvalue weighted by Crippen LogP contribution is -1.95. The molecule has 2 heterocycles. The van der Waals surface area contributed by atoms with Gasteiger partial charge in [0.1, 0.15) is 17.2 Å². The van der Waals surface area contributed by atoms with Crippen LogP contribution in [0.2, 0.25) is 5.02 Å². The quantitative estimate of drug-likeness (QED) is 0.470.